The molecule has 0 bridgehead atoms. The van der Waals surface area contributed by atoms with Crippen LogP contribution in [0.2, 0.25) is 0 Å². The largest absolute Gasteiger partial charge is 0.491 e. The molecule has 0 unspecified atom stereocenters. The Morgan fingerprint density at radius 2 is 1.80 bits per heavy atom. The predicted octanol–water partition coefficient (Wildman–Crippen LogP) is 2.94. The number of ether oxygens (including phenoxy) is 3. The topological polar surface area (TPSA) is 56.8 Å². The molecule has 3 rings (SSSR count). The van der Waals surface area contributed by atoms with E-state index in [2.05, 4.69) is 5.32 Å². The van der Waals surface area contributed by atoms with Crippen LogP contribution < -0.4 is 14.8 Å². The second kappa shape index (κ2) is 9.08. The SMILES string of the molecule is O=C(COc1ccccc1)NCc1ccc(OC[C@@H]2CCCO2)cc1. The van der Waals surface area contributed by atoms with Gasteiger partial charge in [-0.3, -0.25) is 4.79 Å². The minimum Gasteiger partial charge on any atom is -0.491 e. The van der Waals surface area contributed by atoms with Gasteiger partial charge in [0.2, 0.25) is 0 Å². The van der Waals surface area contributed by atoms with E-state index >= 15 is 0 Å². The van der Waals surface area contributed by atoms with E-state index in [4.69, 9.17) is 14.2 Å². The van der Waals surface area contributed by atoms with Gasteiger partial charge < -0.3 is 19.5 Å². The lowest BCUT2D eigenvalue weighted by molar-refractivity contribution is -0.123. The van der Waals surface area contributed by atoms with Crippen molar-refractivity contribution in [3.05, 3.63) is 60.2 Å². The summed E-state index contributed by atoms with van der Waals surface area (Å²) in [5.74, 6) is 1.35. The van der Waals surface area contributed by atoms with Crippen LogP contribution in [0, 0.1) is 0 Å². The molecule has 1 atom stereocenters. The quantitative estimate of drug-likeness (QED) is 0.802. The molecule has 0 spiro atoms. The zero-order chi connectivity index (χ0) is 17.3. The summed E-state index contributed by atoms with van der Waals surface area (Å²) < 4.78 is 16.7. The van der Waals surface area contributed by atoms with Crippen LogP contribution in [0.3, 0.4) is 0 Å². The Kier molecular flexibility index (Phi) is 6.29. The Morgan fingerprint density at radius 3 is 2.52 bits per heavy atom. The molecule has 5 nitrogen and oxygen atoms in total. The van der Waals surface area contributed by atoms with Gasteiger partial charge in [0, 0.05) is 13.2 Å². The fourth-order valence-corrected chi connectivity index (χ4v) is 2.59. The Bertz CT molecular complexity index is 651. The fourth-order valence-electron chi connectivity index (χ4n) is 2.59. The fraction of sp³-hybridized carbons (Fsp3) is 0.350. The van der Waals surface area contributed by atoms with Crippen LogP contribution in [0.15, 0.2) is 54.6 Å². The number of hydrogen-bond donors (Lipinski definition) is 1. The highest BCUT2D eigenvalue weighted by Crippen LogP contribution is 2.16. The Balaban J connectivity index is 1.36. The third kappa shape index (κ3) is 5.80. The molecule has 1 fully saturated rings. The zero-order valence-corrected chi connectivity index (χ0v) is 14.1. The van der Waals surface area contributed by atoms with E-state index in [9.17, 15) is 4.79 Å². The van der Waals surface area contributed by atoms with Gasteiger partial charge in [-0.25, -0.2) is 0 Å². The molecule has 5 heteroatoms. The van der Waals surface area contributed by atoms with Crippen LogP contribution in [-0.4, -0.2) is 31.8 Å². The Labute approximate surface area is 147 Å². The van der Waals surface area contributed by atoms with Crippen molar-refractivity contribution in [3.63, 3.8) is 0 Å². The van der Waals surface area contributed by atoms with Crippen molar-refractivity contribution in [2.45, 2.75) is 25.5 Å². The molecular weight excluding hydrogens is 318 g/mol. The molecule has 1 heterocycles. The number of para-hydroxylation sites is 1. The average Bonchev–Trinajstić information content (AvgIpc) is 3.18. The molecule has 25 heavy (non-hydrogen) atoms. The number of carbonyl (C=O) groups is 1. The minimum atomic E-state index is -0.150. The van der Waals surface area contributed by atoms with Gasteiger partial charge in [-0.1, -0.05) is 30.3 Å². The smallest absolute Gasteiger partial charge is 0.258 e. The third-order valence-corrected chi connectivity index (χ3v) is 3.99. The van der Waals surface area contributed by atoms with Crippen LogP contribution in [0.25, 0.3) is 0 Å². The standard InChI is InChI=1S/C20H23NO4/c22-20(15-25-17-5-2-1-3-6-17)21-13-16-8-10-18(11-9-16)24-14-19-7-4-12-23-19/h1-3,5-6,8-11,19H,4,7,12-15H2,(H,21,22)/t19-/m0/s1. The van der Waals surface area contributed by atoms with E-state index in [1.54, 1.807) is 0 Å². The number of nitrogens with one attached hydrogen (secondary N) is 1. The number of carbonyl (C=O) groups excluding carboxylic acids is 1. The normalized spacial score (nSPS) is 16.4. The first-order chi connectivity index (χ1) is 12.3. The molecule has 2 aromatic carbocycles. The first-order valence-electron chi connectivity index (χ1n) is 8.57. The summed E-state index contributed by atoms with van der Waals surface area (Å²) in [7, 11) is 0. The number of rotatable bonds is 8. The number of benzene rings is 2. The number of amides is 1. The Hall–Kier alpha value is -2.53. The highest BCUT2D eigenvalue weighted by atomic mass is 16.5. The van der Waals surface area contributed by atoms with Crippen molar-refractivity contribution in [3.8, 4) is 11.5 Å². The van der Waals surface area contributed by atoms with E-state index in [0.717, 1.165) is 30.8 Å². The van der Waals surface area contributed by atoms with Gasteiger partial charge in [0.15, 0.2) is 6.61 Å². The maximum absolute atomic E-state index is 11.8. The zero-order valence-electron chi connectivity index (χ0n) is 14.1. The molecular formula is C20H23NO4. The van der Waals surface area contributed by atoms with Crippen molar-refractivity contribution in [2.75, 3.05) is 19.8 Å². The first-order valence-corrected chi connectivity index (χ1v) is 8.57. The lowest BCUT2D eigenvalue weighted by Gasteiger charge is -2.12. The van der Waals surface area contributed by atoms with Gasteiger partial charge in [-0.05, 0) is 42.7 Å². The van der Waals surface area contributed by atoms with Gasteiger partial charge in [0.1, 0.15) is 18.1 Å². The van der Waals surface area contributed by atoms with Crippen molar-refractivity contribution < 1.29 is 19.0 Å². The van der Waals surface area contributed by atoms with Gasteiger partial charge in [0.05, 0.1) is 6.10 Å². The molecule has 1 aliphatic heterocycles. The van der Waals surface area contributed by atoms with Gasteiger partial charge in [0.25, 0.3) is 5.91 Å². The summed E-state index contributed by atoms with van der Waals surface area (Å²) in [6, 6.07) is 17.0. The second-order valence-electron chi connectivity index (χ2n) is 5.97. The van der Waals surface area contributed by atoms with Crippen LogP contribution in [0.5, 0.6) is 11.5 Å². The van der Waals surface area contributed by atoms with Crippen molar-refractivity contribution in [1.82, 2.24) is 5.32 Å². The molecule has 0 radical (unpaired) electrons. The molecule has 0 aliphatic carbocycles. The minimum absolute atomic E-state index is 0.00654. The molecule has 1 saturated heterocycles. The number of hydrogen-bond acceptors (Lipinski definition) is 4. The Morgan fingerprint density at radius 1 is 1.04 bits per heavy atom. The summed E-state index contributed by atoms with van der Waals surface area (Å²) >= 11 is 0. The summed E-state index contributed by atoms with van der Waals surface area (Å²) in [4.78, 5) is 11.8. The monoisotopic (exact) mass is 341 g/mol. The van der Waals surface area contributed by atoms with Crippen molar-refractivity contribution in [1.29, 1.82) is 0 Å². The van der Waals surface area contributed by atoms with Gasteiger partial charge in [-0.15, -0.1) is 0 Å². The predicted molar refractivity (Wildman–Crippen MR) is 94.7 cm³/mol. The van der Waals surface area contributed by atoms with Gasteiger partial charge >= 0.3 is 0 Å². The van der Waals surface area contributed by atoms with E-state index in [-0.39, 0.29) is 18.6 Å². The van der Waals surface area contributed by atoms with Gasteiger partial charge in [-0.2, -0.15) is 0 Å². The summed E-state index contributed by atoms with van der Waals surface area (Å²) in [6.45, 7) is 1.89. The van der Waals surface area contributed by atoms with E-state index in [1.807, 2.05) is 54.6 Å². The van der Waals surface area contributed by atoms with Crippen LogP contribution in [0.4, 0.5) is 0 Å². The molecule has 1 N–H and O–H groups in total. The molecule has 2 aromatic rings. The highest BCUT2D eigenvalue weighted by Gasteiger charge is 2.15. The summed E-state index contributed by atoms with van der Waals surface area (Å²) in [5.41, 5.74) is 1.01. The van der Waals surface area contributed by atoms with E-state index < -0.39 is 0 Å². The van der Waals surface area contributed by atoms with Crippen LogP contribution in [0.1, 0.15) is 18.4 Å². The van der Waals surface area contributed by atoms with E-state index in [0.29, 0.717) is 18.9 Å². The maximum atomic E-state index is 11.8. The molecule has 0 aromatic heterocycles. The maximum Gasteiger partial charge on any atom is 0.258 e. The first kappa shape index (κ1) is 17.3. The summed E-state index contributed by atoms with van der Waals surface area (Å²) in [6.07, 6.45) is 2.39. The second-order valence-corrected chi connectivity index (χ2v) is 5.97. The summed E-state index contributed by atoms with van der Waals surface area (Å²) in [5, 5.41) is 2.84. The molecule has 132 valence electrons. The molecule has 1 amide bonds. The van der Waals surface area contributed by atoms with Crippen LogP contribution in [-0.2, 0) is 16.1 Å². The lowest BCUT2D eigenvalue weighted by Crippen LogP contribution is -2.28. The molecule has 0 saturated carbocycles. The van der Waals surface area contributed by atoms with E-state index in [1.165, 1.54) is 0 Å². The third-order valence-electron chi connectivity index (χ3n) is 3.99. The molecule has 1 aliphatic rings. The average molecular weight is 341 g/mol. The van der Waals surface area contributed by atoms with Crippen molar-refractivity contribution >= 4 is 5.91 Å². The van der Waals surface area contributed by atoms with Crippen molar-refractivity contribution in [2.24, 2.45) is 0 Å². The lowest BCUT2D eigenvalue weighted by atomic mass is 10.2. The highest BCUT2D eigenvalue weighted by molar-refractivity contribution is 5.77. The van der Waals surface area contributed by atoms with Crippen LogP contribution >= 0.6 is 0 Å².